The summed E-state index contributed by atoms with van der Waals surface area (Å²) in [7, 11) is 3.25. The molecule has 1 N–H and O–H groups in total. The van der Waals surface area contributed by atoms with Crippen molar-refractivity contribution >= 4 is 11.7 Å². The van der Waals surface area contributed by atoms with Gasteiger partial charge in [0.25, 0.3) is 0 Å². The summed E-state index contributed by atoms with van der Waals surface area (Å²) in [5.74, 6) is 0.720. The highest BCUT2D eigenvalue weighted by Crippen LogP contribution is 2.40. The van der Waals surface area contributed by atoms with Crippen molar-refractivity contribution in [3.05, 3.63) is 54.1 Å². The van der Waals surface area contributed by atoms with Crippen LogP contribution in [0.2, 0.25) is 0 Å². The Morgan fingerprint density at radius 1 is 1.04 bits per heavy atom. The molecule has 3 rings (SSSR count). The Morgan fingerprint density at radius 3 is 2.40 bits per heavy atom. The van der Waals surface area contributed by atoms with Crippen LogP contribution in [0.5, 0.6) is 11.5 Å². The number of rotatable bonds is 5. The number of hydrogen-bond acceptors (Lipinski definition) is 4. The molecule has 0 spiro atoms. The number of para-hydroxylation sites is 2. The number of methoxy groups -OCH3 is 2. The molecule has 0 aliphatic carbocycles. The summed E-state index contributed by atoms with van der Waals surface area (Å²) in [4.78, 5) is 14.4. The van der Waals surface area contributed by atoms with Crippen LogP contribution in [0.3, 0.4) is 0 Å². The van der Waals surface area contributed by atoms with Gasteiger partial charge in [-0.2, -0.15) is 0 Å². The Bertz CT molecular complexity index is 751. The van der Waals surface area contributed by atoms with E-state index in [0.717, 1.165) is 17.0 Å². The first-order valence-corrected chi connectivity index (χ1v) is 8.36. The molecule has 1 heterocycles. The van der Waals surface area contributed by atoms with Gasteiger partial charge < -0.3 is 19.5 Å². The molecule has 25 heavy (non-hydrogen) atoms. The van der Waals surface area contributed by atoms with Crippen LogP contribution in [0, 0.1) is 0 Å². The molecule has 0 unspecified atom stereocenters. The van der Waals surface area contributed by atoms with Gasteiger partial charge in [0.2, 0.25) is 0 Å². The van der Waals surface area contributed by atoms with Gasteiger partial charge in [0.05, 0.1) is 25.3 Å². The molecule has 0 bridgehead atoms. The predicted molar refractivity (Wildman–Crippen MR) is 96.7 cm³/mol. The highest BCUT2D eigenvalue weighted by molar-refractivity contribution is 5.82. The topological polar surface area (TPSA) is 59.0 Å². The number of aliphatic carboxylic acids is 1. The van der Waals surface area contributed by atoms with Gasteiger partial charge >= 0.3 is 5.97 Å². The van der Waals surface area contributed by atoms with Crippen molar-refractivity contribution in [2.75, 3.05) is 32.2 Å². The van der Waals surface area contributed by atoms with Crippen molar-refractivity contribution in [3.63, 3.8) is 0 Å². The van der Waals surface area contributed by atoms with Crippen LogP contribution in [0.25, 0.3) is 0 Å². The molecule has 1 aliphatic rings. The van der Waals surface area contributed by atoms with Crippen molar-refractivity contribution in [2.24, 2.45) is 0 Å². The van der Waals surface area contributed by atoms with Gasteiger partial charge in [0.15, 0.2) is 0 Å². The maximum Gasteiger partial charge on any atom is 0.314 e. The van der Waals surface area contributed by atoms with E-state index in [1.54, 1.807) is 14.2 Å². The maximum atomic E-state index is 12.2. The van der Waals surface area contributed by atoms with E-state index >= 15 is 0 Å². The number of carboxylic acids is 1. The molecule has 1 saturated heterocycles. The van der Waals surface area contributed by atoms with E-state index < -0.39 is 11.4 Å². The quantitative estimate of drug-likeness (QED) is 0.904. The van der Waals surface area contributed by atoms with Crippen LogP contribution in [-0.4, -0.2) is 38.4 Å². The summed E-state index contributed by atoms with van der Waals surface area (Å²) >= 11 is 0. The second-order valence-electron chi connectivity index (χ2n) is 6.28. The third kappa shape index (κ3) is 3.14. The second-order valence-corrected chi connectivity index (χ2v) is 6.28. The van der Waals surface area contributed by atoms with Gasteiger partial charge in [-0.25, -0.2) is 0 Å². The molecule has 1 aliphatic heterocycles. The predicted octanol–water partition coefficient (Wildman–Crippen LogP) is 3.33. The first-order chi connectivity index (χ1) is 12.1. The molecule has 2 aromatic rings. The molecular weight excluding hydrogens is 318 g/mol. The van der Waals surface area contributed by atoms with Gasteiger partial charge in [0.1, 0.15) is 11.5 Å². The van der Waals surface area contributed by atoms with Gasteiger partial charge in [-0.05, 0) is 42.7 Å². The molecule has 0 saturated carbocycles. The lowest BCUT2D eigenvalue weighted by Gasteiger charge is -2.40. The van der Waals surface area contributed by atoms with E-state index in [2.05, 4.69) is 4.90 Å². The maximum absolute atomic E-state index is 12.2. The number of nitrogens with zero attached hydrogens (tertiary/aromatic N) is 1. The first kappa shape index (κ1) is 17.1. The van der Waals surface area contributed by atoms with Crippen molar-refractivity contribution in [3.8, 4) is 11.5 Å². The summed E-state index contributed by atoms with van der Waals surface area (Å²) in [5.41, 5.74) is 0.932. The molecule has 2 aromatic carbocycles. The van der Waals surface area contributed by atoms with E-state index in [4.69, 9.17) is 9.47 Å². The van der Waals surface area contributed by atoms with Crippen LogP contribution in [0.15, 0.2) is 48.5 Å². The summed E-state index contributed by atoms with van der Waals surface area (Å²) < 4.78 is 10.7. The molecule has 132 valence electrons. The van der Waals surface area contributed by atoms with Crippen LogP contribution < -0.4 is 14.4 Å². The normalized spacial score (nSPS) is 16.3. The smallest absolute Gasteiger partial charge is 0.314 e. The fourth-order valence-corrected chi connectivity index (χ4v) is 3.57. The monoisotopic (exact) mass is 341 g/mol. The summed E-state index contributed by atoms with van der Waals surface area (Å²) in [6.07, 6.45) is 1.07. The lowest BCUT2D eigenvalue weighted by Crippen LogP contribution is -2.47. The molecule has 5 heteroatoms. The number of hydrogen-bond donors (Lipinski definition) is 1. The van der Waals surface area contributed by atoms with Crippen LogP contribution >= 0.6 is 0 Å². The Balaban J connectivity index is 1.87. The molecule has 0 atom stereocenters. The Labute approximate surface area is 147 Å². The van der Waals surface area contributed by atoms with Crippen molar-refractivity contribution in [1.82, 2.24) is 0 Å². The Kier molecular flexibility index (Phi) is 4.83. The molecule has 0 aromatic heterocycles. The third-order valence-corrected chi connectivity index (χ3v) is 5.07. The number of carboxylic acid groups (broad SMARTS) is 1. The second kappa shape index (κ2) is 7.05. The van der Waals surface area contributed by atoms with Crippen molar-refractivity contribution in [1.29, 1.82) is 0 Å². The van der Waals surface area contributed by atoms with Crippen LogP contribution in [-0.2, 0) is 10.2 Å². The molecule has 0 radical (unpaired) electrons. The van der Waals surface area contributed by atoms with E-state index in [1.807, 2.05) is 48.5 Å². The molecule has 1 fully saturated rings. The van der Waals surface area contributed by atoms with E-state index in [9.17, 15) is 9.90 Å². The highest BCUT2D eigenvalue weighted by Gasteiger charge is 2.43. The number of anilines is 1. The van der Waals surface area contributed by atoms with E-state index in [0.29, 0.717) is 31.7 Å². The number of ether oxygens (including phenoxy) is 2. The fourth-order valence-electron chi connectivity index (χ4n) is 3.57. The lowest BCUT2D eigenvalue weighted by molar-refractivity contribution is -0.144. The zero-order valence-corrected chi connectivity index (χ0v) is 14.6. The van der Waals surface area contributed by atoms with E-state index in [-0.39, 0.29) is 0 Å². The standard InChI is InChI=1S/C20H23NO4/c1-24-16-7-5-6-15(14-16)20(19(22)23)10-12-21(13-11-20)17-8-3-4-9-18(17)25-2/h3-9,14H,10-13H2,1-2H3,(H,22,23). The number of piperidine rings is 1. The summed E-state index contributed by atoms with van der Waals surface area (Å²) in [6, 6.07) is 15.3. The highest BCUT2D eigenvalue weighted by atomic mass is 16.5. The van der Waals surface area contributed by atoms with Gasteiger partial charge in [-0.3, -0.25) is 4.79 Å². The Hall–Kier alpha value is -2.69. The lowest BCUT2D eigenvalue weighted by atomic mass is 9.72. The largest absolute Gasteiger partial charge is 0.497 e. The average Bonchev–Trinajstić information content (AvgIpc) is 2.68. The molecule has 0 amide bonds. The third-order valence-electron chi connectivity index (χ3n) is 5.07. The summed E-state index contributed by atoms with van der Waals surface area (Å²) in [5, 5.41) is 9.98. The van der Waals surface area contributed by atoms with Crippen molar-refractivity contribution < 1.29 is 19.4 Å². The fraction of sp³-hybridized carbons (Fsp3) is 0.350. The molecular formula is C20H23NO4. The van der Waals surface area contributed by atoms with Crippen LogP contribution in [0.4, 0.5) is 5.69 Å². The first-order valence-electron chi connectivity index (χ1n) is 8.36. The average molecular weight is 341 g/mol. The minimum atomic E-state index is -0.882. The molecule has 5 nitrogen and oxygen atoms in total. The van der Waals surface area contributed by atoms with Crippen LogP contribution in [0.1, 0.15) is 18.4 Å². The van der Waals surface area contributed by atoms with Gasteiger partial charge in [0, 0.05) is 13.1 Å². The zero-order chi connectivity index (χ0) is 17.9. The zero-order valence-electron chi connectivity index (χ0n) is 14.6. The SMILES string of the molecule is COc1cccc(C2(C(=O)O)CCN(c3ccccc3OC)CC2)c1. The van der Waals surface area contributed by atoms with Crippen molar-refractivity contribution in [2.45, 2.75) is 18.3 Å². The summed E-state index contributed by atoms with van der Waals surface area (Å²) in [6.45, 7) is 1.31. The number of carbonyl (C=O) groups is 1. The minimum Gasteiger partial charge on any atom is -0.497 e. The van der Waals surface area contributed by atoms with Gasteiger partial charge in [-0.15, -0.1) is 0 Å². The minimum absolute atomic E-state index is 0.535. The number of benzene rings is 2. The van der Waals surface area contributed by atoms with Gasteiger partial charge in [-0.1, -0.05) is 24.3 Å². The van der Waals surface area contributed by atoms with E-state index in [1.165, 1.54) is 0 Å². The Morgan fingerprint density at radius 2 is 1.76 bits per heavy atom.